The van der Waals surface area contributed by atoms with Crippen LogP contribution in [-0.2, 0) is 4.79 Å². The number of hydrogen-bond donors (Lipinski definition) is 1. The van der Waals surface area contributed by atoms with Crippen molar-refractivity contribution >= 4 is 11.9 Å². The predicted molar refractivity (Wildman–Crippen MR) is 65.8 cm³/mol. The van der Waals surface area contributed by atoms with E-state index in [1.807, 2.05) is 4.90 Å². The second-order valence-corrected chi connectivity index (χ2v) is 4.48. The summed E-state index contributed by atoms with van der Waals surface area (Å²) in [6.45, 7) is 3.73. The van der Waals surface area contributed by atoms with Gasteiger partial charge >= 0.3 is 6.03 Å². The van der Waals surface area contributed by atoms with Gasteiger partial charge in [-0.1, -0.05) is 0 Å². The normalized spacial score (nSPS) is 15.6. The lowest BCUT2D eigenvalue weighted by molar-refractivity contribution is -0.131. The highest BCUT2D eigenvalue weighted by Gasteiger charge is 2.18. The number of hydrogen-bond acceptors (Lipinski definition) is 3. The van der Waals surface area contributed by atoms with Gasteiger partial charge < -0.3 is 20.0 Å². The van der Waals surface area contributed by atoms with Crippen molar-refractivity contribution in [1.82, 2.24) is 20.0 Å². The summed E-state index contributed by atoms with van der Waals surface area (Å²) in [5.74, 6) is 0.130. The van der Waals surface area contributed by atoms with E-state index in [2.05, 4.69) is 5.32 Å². The molecule has 1 aliphatic heterocycles. The smallest absolute Gasteiger partial charge is 0.319 e. The Hall–Kier alpha value is -1.30. The van der Waals surface area contributed by atoms with Gasteiger partial charge in [0.1, 0.15) is 0 Å². The number of nitrogens with one attached hydrogen (secondary N) is 1. The Labute approximate surface area is 103 Å². The van der Waals surface area contributed by atoms with Crippen LogP contribution in [0.2, 0.25) is 0 Å². The van der Waals surface area contributed by atoms with E-state index in [0.717, 1.165) is 26.2 Å². The molecule has 1 rings (SSSR count). The molecular formula is C11H22N4O2. The Morgan fingerprint density at radius 1 is 1.18 bits per heavy atom. The number of piperazine rings is 1. The molecule has 17 heavy (non-hydrogen) atoms. The summed E-state index contributed by atoms with van der Waals surface area (Å²) >= 11 is 0. The maximum absolute atomic E-state index is 11.8. The topological polar surface area (TPSA) is 55.9 Å². The zero-order valence-corrected chi connectivity index (χ0v) is 10.9. The van der Waals surface area contributed by atoms with Crippen LogP contribution >= 0.6 is 0 Å². The molecule has 98 valence electrons. The van der Waals surface area contributed by atoms with Gasteiger partial charge in [0, 0.05) is 60.3 Å². The maximum atomic E-state index is 11.8. The van der Waals surface area contributed by atoms with Gasteiger partial charge in [-0.05, 0) is 0 Å². The van der Waals surface area contributed by atoms with Gasteiger partial charge in [-0.25, -0.2) is 4.79 Å². The first-order valence-corrected chi connectivity index (χ1v) is 5.93. The van der Waals surface area contributed by atoms with Crippen LogP contribution < -0.4 is 5.32 Å². The van der Waals surface area contributed by atoms with Gasteiger partial charge in [0.15, 0.2) is 0 Å². The first-order valence-electron chi connectivity index (χ1n) is 5.93. The average Bonchev–Trinajstić information content (AvgIpc) is 2.35. The fraction of sp³-hybridized carbons (Fsp3) is 0.818. The summed E-state index contributed by atoms with van der Waals surface area (Å²) in [5, 5.41) is 3.20. The minimum absolute atomic E-state index is 0.0712. The third kappa shape index (κ3) is 4.22. The van der Waals surface area contributed by atoms with Crippen molar-refractivity contribution in [2.75, 3.05) is 53.9 Å². The molecular weight excluding hydrogens is 220 g/mol. The van der Waals surface area contributed by atoms with Crippen LogP contribution in [0.25, 0.3) is 0 Å². The monoisotopic (exact) mass is 242 g/mol. The molecule has 1 heterocycles. The fourth-order valence-electron chi connectivity index (χ4n) is 1.77. The Balaban J connectivity index is 2.29. The molecule has 6 nitrogen and oxygen atoms in total. The molecule has 0 atom stereocenters. The van der Waals surface area contributed by atoms with Crippen LogP contribution in [0.1, 0.15) is 6.42 Å². The largest absolute Gasteiger partial charge is 0.340 e. The van der Waals surface area contributed by atoms with E-state index in [1.54, 1.807) is 26.0 Å². The van der Waals surface area contributed by atoms with E-state index in [0.29, 0.717) is 13.0 Å². The fourth-order valence-corrected chi connectivity index (χ4v) is 1.77. The first-order chi connectivity index (χ1) is 8.02. The van der Waals surface area contributed by atoms with Gasteiger partial charge in [-0.15, -0.1) is 0 Å². The molecule has 3 amide bonds. The van der Waals surface area contributed by atoms with Crippen LogP contribution in [0.5, 0.6) is 0 Å². The van der Waals surface area contributed by atoms with Crippen LogP contribution in [0.3, 0.4) is 0 Å². The molecule has 1 aliphatic rings. The number of rotatable bonds is 3. The lowest BCUT2D eigenvalue weighted by Crippen LogP contribution is -2.47. The standard InChI is InChI=1S/C11H22N4O2/c1-13(2)11(17)14(3)7-4-10(16)15-8-5-12-6-9-15/h12H,4-9H2,1-3H3. The summed E-state index contributed by atoms with van der Waals surface area (Å²) in [6.07, 6.45) is 0.399. The first kappa shape index (κ1) is 13.8. The van der Waals surface area contributed by atoms with Gasteiger partial charge in [0.05, 0.1) is 0 Å². The average molecular weight is 242 g/mol. The van der Waals surface area contributed by atoms with E-state index in [-0.39, 0.29) is 11.9 Å². The molecule has 0 radical (unpaired) electrons. The lowest BCUT2D eigenvalue weighted by Gasteiger charge is -2.28. The number of nitrogens with zero attached hydrogens (tertiary/aromatic N) is 3. The molecule has 0 unspecified atom stereocenters. The summed E-state index contributed by atoms with van der Waals surface area (Å²) in [4.78, 5) is 28.3. The van der Waals surface area contributed by atoms with Gasteiger partial charge in [-0.2, -0.15) is 0 Å². The van der Waals surface area contributed by atoms with E-state index in [9.17, 15) is 9.59 Å². The molecule has 1 fully saturated rings. The summed E-state index contributed by atoms with van der Waals surface area (Å²) in [6, 6.07) is -0.0712. The summed E-state index contributed by atoms with van der Waals surface area (Å²) < 4.78 is 0. The Kier molecular flexibility index (Phi) is 5.21. The second kappa shape index (κ2) is 6.44. The van der Waals surface area contributed by atoms with Gasteiger partial charge in [0.25, 0.3) is 0 Å². The molecule has 1 saturated heterocycles. The second-order valence-electron chi connectivity index (χ2n) is 4.48. The number of urea groups is 1. The highest BCUT2D eigenvalue weighted by atomic mass is 16.2. The number of amides is 3. The molecule has 0 aromatic rings. The van der Waals surface area contributed by atoms with Crippen molar-refractivity contribution in [2.24, 2.45) is 0 Å². The van der Waals surface area contributed by atoms with Crippen LogP contribution in [0.4, 0.5) is 4.79 Å². The van der Waals surface area contributed by atoms with Crippen molar-refractivity contribution in [2.45, 2.75) is 6.42 Å². The Morgan fingerprint density at radius 3 is 2.29 bits per heavy atom. The maximum Gasteiger partial charge on any atom is 0.319 e. The zero-order valence-electron chi connectivity index (χ0n) is 10.9. The third-order valence-corrected chi connectivity index (χ3v) is 2.84. The van der Waals surface area contributed by atoms with Crippen molar-refractivity contribution in [3.63, 3.8) is 0 Å². The van der Waals surface area contributed by atoms with E-state index >= 15 is 0 Å². The predicted octanol–water partition coefficient (Wildman–Crippen LogP) is -0.578. The van der Waals surface area contributed by atoms with Crippen molar-refractivity contribution in [3.05, 3.63) is 0 Å². The molecule has 0 bridgehead atoms. The highest BCUT2D eigenvalue weighted by Crippen LogP contribution is 1.99. The number of carbonyl (C=O) groups excluding carboxylic acids is 2. The molecule has 0 aliphatic carbocycles. The summed E-state index contributed by atoms with van der Waals surface area (Å²) in [7, 11) is 5.13. The van der Waals surface area contributed by atoms with E-state index in [1.165, 1.54) is 4.90 Å². The van der Waals surface area contributed by atoms with Crippen LogP contribution in [0.15, 0.2) is 0 Å². The highest BCUT2D eigenvalue weighted by molar-refractivity contribution is 5.78. The zero-order chi connectivity index (χ0) is 12.8. The number of carbonyl (C=O) groups is 2. The van der Waals surface area contributed by atoms with Gasteiger partial charge in [-0.3, -0.25) is 4.79 Å². The minimum atomic E-state index is -0.0712. The lowest BCUT2D eigenvalue weighted by atomic mass is 10.3. The minimum Gasteiger partial charge on any atom is -0.340 e. The van der Waals surface area contributed by atoms with Crippen molar-refractivity contribution in [3.8, 4) is 0 Å². The molecule has 1 N–H and O–H groups in total. The molecule has 0 aromatic heterocycles. The van der Waals surface area contributed by atoms with E-state index in [4.69, 9.17) is 0 Å². The quantitative estimate of drug-likeness (QED) is 0.720. The molecule has 0 saturated carbocycles. The summed E-state index contributed by atoms with van der Waals surface area (Å²) in [5.41, 5.74) is 0. The SMILES string of the molecule is CN(C)C(=O)N(C)CCC(=O)N1CCNCC1. The van der Waals surface area contributed by atoms with Crippen LogP contribution in [-0.4, -0.2) is 80.5 Å². The molecule has 0 spiro atoms. The van der Waals surface area contributed by atoms with Crippen molar-refractivity contribution < 1.29 is 9.59 Å². The van der Waals surface area contributed by atoms with Gasteiger partial charge in [0.2, 0.25) is 5.91 Å². The Bertz CT molecular complexity index is 275. The Morgan fingerprint density at radius 2 is 1.76 bits per heavy atom. The molecule has 6 heteroatoms. The molecule has 0 aromatic carbocycles. The van der Waals surface area contributed by atoms with Crippen molar-refractivity contribution in [1.29, 1.82) is 0 Å². The van der Waals surface area contributed by atoms with Crippen LogP contribution in [0, 0.1) is 0 Å². The van der Waals surface area contributed by atoms with E-state index < -0.39 is 0 Å². The third-order valence-electron chi connectivity index (χ3n) is 2.84.